The van der Waals surface area contributed by atoms with Crippen LogP contribution in [-0.4, -0.2) is 53.5 Å². The first-order chi connectivity index (χ1) is 18.2. The fraction of sp³-hybridized carbons (Fsp3) is 0.292. The average molecular weight is 555 g/mol. The topological polar surface area (TPSA) is 141 Å². The Morgan fingerprint density at radius 3 is 2.71 bits per heavy atom. The molecule has 6 rings (SSSR count). The van der Waals surface area contributed by atoms with Crippen molar-refractivity contribution in [3.8, 4) is 22.5 Å². The summed E-state index contributed by atoms with van der Waals surface area (Å²) in [6.07, 6.45) is 1.03. The largest absolute Gasteiger partial charge is 0.417 e. The van der Waals surface area contributed by atoms with Crippen molar-refractivity contribution in [1.29, 1.82) is 0 Å². The molecule has 2 amide bonds. The first kappa shape index (κ1) is 24.5. The molecule has 2 aliphatic rings. The Labute approximate surface area is 224 Å². The molecular formula is C24H20ClFN8O3S. The molecule has 1 aliphatic heterocycles. The number of nitrogens with one attached hydrogen (secondary N) is 2. The molecule has 0 saturated heterocycles. The van der Waals surface area contributed by atoms with Crippen LogP contribution in [0.2, 0.25) is 5.02 Å². The maximum atomic E-state index is 15.0. The van der Waals surface area contributed by atoms with Crippen LogP contribution in [0.5, 0.6) is 0 Å². The molecule has 1 fully saturated rings. The number of thioether (sulfide) groups is 1. The first-order valence-electron chi connectivity index (χ1n) is 11.7. The number of carbonyl (C=O) groups is 2. The molecule has 0 radical (unpaired) electrons. The number of aryl methyl sites for hydroxylation is 2. The summed E-state index contributed by atoms with van der Waals surface area (Å²) in [6, 6.07) is 8.32. The van der Waals surface area contributed by atoms with E-state index in [4.69, 9.17) is 16.0 Å². The lowest BCUT2D eigenvalue weighted by Crippen LogP contribution is -2.50. The van der Waals surface area contributed by atoms with Gasteiger partial charge < -0.3 is 15.1 Å². The van der Waals surface area contributed by atoms with E-state index in [0.29, 0.717) is 24.2 Å². The Morgan fingerprint density at radius 1 is 1.21 bits per heavy atom. The molecule has 2 N–H and O–H groups in total. The summed E-state index contributed by atoms with van der Waals surface area (Å²) >= 11 is 7.77. The lowest BCUT2D eigenvalue weighted by Gasteiger charge is -2.20. The SMILES string of the molecule is Cc1nnc(C(=O)NC2(C(=O)NC3CSc4cc(-c5cc(Cl)cc(F)c5-c5nnn(C)n5)ccc43)CC2)o1. The minimum atomic E-state index is -0.996. The van der Waals surface area contributed by atoms with Crippen LogP contribution in [0.3, 0.4) is 0 Å². The van der Waals surface area contributed by atoms with Crippen LogP contribution >= 0.6 is 23.4 Å². The molecule has 2 aromatic carbocycles. The number of hydrogen-bond donors (Lipinski definition) is 2. The van der Waals surface area contributed by atoms with E-state index in [0.717, 1.165) is 16.0 Å². The van der Waals surface area contributed by atoms with Crippen molar-refractivity contribution in [3.63, 3.8) is 0 Å². The highest BCUT2D eigenvalue weighted by molar-refractivity contribution is 7.99. The number of carbonyl (C=O) groups excluding carboxylic acids is 2. The quantitative estimate of drug-likeness (QED) is 0.367. The van der Waals surface area contributed by atoms with Crippen LogP contribution in [-0.2, 0) is 11.8 Å². The predicted molar refractivity (Wildman–Crippen MR) is 135 cm³/mol. The molecule has 11 nitrogen and oxygen atoms in total. The molecule has 0 spiro atoms. The summed E-state index contributed by atoms with van der Waals surface area (Å²) in [4.78, 5) is 27.8. The van der Waals surface area contributed by atoms with Crippen molar-refractivity contribution in [2.75, 3.05) is 5.75 Å². The highest BCUT2D eigenvalue weighted by Crippen LogP contribution is 2.44. The van der Waals surface area contributed by atoms with E-state index in [-0.39, 0.29) is 40.1 Å². The number of aromatic nitrogens is 6. The molecule has 1 saturated carbocycles. The van der Waals surface area contributed by atoms with Gasteiger partial charge in [-0.3, -0.25) is 9.59 Å². The van der Waals surface area contributed by atoms with Crippen molar-refractivity contribution in [3.05, 3.63) is 58.5 Å². The standard InChI is InChI=1S/C24H20ClFN8O3S/c1-11-29-31-22(37-11)21(35)28-24(5-6-24)23(36)27-17-10-38-18-7-12(3-4-14(17)18)15-8-13(25)9-16(26)19(15)20-30-33-34(2)32-20/h3-4,7-9,17H,5-6,10H2,1-2H3,(H,27,36)(H,28,35). The Morgan fingerprint density at radius 2 is 2.03 bits per heavy atom. The fourth-order valence-corrected chi connectivity index (χ4v) is 5.80. The van der Waals surface area contributed by atoms with Crippen LogP contribution < -0.4 is 10.6 Å². The molecule has 1 atom stereocenters. The lowest BCUT2D eigenvalue weighted by molar-refractivity contribution is -0.124. The minimum absolute atomic E-state index is 0.155. The summed E-state index contributed by atoms with van der Waals surface area (Å²) in [5, 5.41) is 25.4. The third-order valence-electron chi connectivity index (χ3n) is 6.46. The second kappa shape index (κ2) is 9.17. The molecular weight excluding hydrogens is 535 g/mol. The zero-order valence-corrected chi connectivity index (χ0v) is 21.7. The number of benzene rings is 2. The zero-order chi connectivity index (χ0) is 26.6. The van der Waals surface area contributed by atoms with E-state index < -0.39 is 17.3 Å². The van der Waals surface area contributed by atoms with Crippen LogP contribution in [0.1, 0.15) is 41.0 Å². The molecule has 14 heteroatoms. The first-order valence-corrected chi connectivity index (χ1v) is 13.0. The highest BCUT2D eigenvalue weighted by Gasteiger charge is 2.52. The van der Waals surface area contributed by atoms with Gasteiger partial charge >= 0.3 is 11.8 Å². The van der Waals surface area contributed by atoms with Crippen molar-refractivity contribution < 1.29 is 18.4 Å². The van der Waals surface area contributed by atoms with Gasteiger partial charge in [0.1, 0.15) is 11.4 Å². The summed E-state index contributed by atoms with van der Waals surface area (Å²) in [5.74, 6) is -0.536. The van der Waals surface area contributed by atoms with Gasteiger partial charge in [-0.05, 0) is 52.9 Å². The van der Waals surface area contributed by atoms with Crippen LogP contribution in [0.15, 0.2) is 39.6 Å². The highest BCUT2D eigenvalue weighted by atomic mass is 35.5. The van der Waals surface area contributed by atoms with Gasteiger partial charge in [0.05, 0.1) is 18.7 Å². The van der Waals surface area contributed by atoms with E-state index in [1.807, 2.05) is 18.2 Å². The number of fused-ring (bicyclic) bond motifs is 1. The Hall–Kier alpha value is -3.84. The van der Waals surface area contributed by atoms with Gasteiger partial charge in [0, 0.05) is 22.6 Å². The molecule has 0 bridgehead atoms. The number of amides is 2. The van der Waals surface area contributed by atoms with Crippen LogP contribution in [0.25, 0.3) is 22.5 Å². The molecule has 1 aliphatic carbocycles. The number of nitrogens with zero attached hydrogens (tertiary/aromatic N) is 6. The summed E-state index contributed by atoms with van der Waals surface area (Å²) in [7, 11) is 1.60. The monoisotopic (exact) mass is 554 g/mol. The van der Waals surface area contributed by atoms with Crippen LogP contribution in [0, 0.1) is 12.7 Å². The predicted octanol–water partition coefficient (Wildman–Crippen LogP) is 3.25. The van der Waals surface area contributed by atoms with Crippen LogP contribution in [0.4, 0.5) is 4.39 Å². The summed E-state index contributed by atoms with van der Waals surface area (Å²) in [6.45, 7) is 1.58. The summed E-state index contributed by atoms with van der Waals surface area (Å²) in [5.41, 5.74) is 1.41. The summed E-state index contributed by atoms with van der Waals surface area (Å²) < 4.78 is 20.2. The molecule has 4 aromatic rings. The van der Waals surface area contributed by atoms with Crippen molar-refractivity contribution in [2.24, 2.45) is 7.05 Å². The second-order valence-corrected chi connectivity index (χ2v) is 10.7. The number of hydrogen-bond acceptors (Lipinski definition) is 9. The van der Waals surface area contributed by atoms with E-state index in [1.54, 1.807) is 31.8 Å². The molecule has 2 aromatic heterocycles. The van der Waals surface area contributed by atoms with Gasteiger partial charge in [-0.2, -0.15) is 4.80 Å². The van der Waals surface area contributed by atoms with Gasteiger partial charge in [0.15, 0.2) is 0 Å². The van der Waals surface area contributed by atoms with E-state index >= 15 is 0 Å². The maximum Gasteiger partial charge on any atom is 0.309 e. The van der Waals surface area contributed by atoms with E-state index in [9.17, 15) is 14.0 Å². The van der Waals surface area contributed by atoms with Crippen molar-refractivity contribution in [1.82, 2.24) is 41.0 Å². The van der Waals surface area contributed by atoms with Gasteiger partial charge in [0.2, 0.25) is 17.6 Å². The molecule has 38 heavy (non-hydrogen) atoms. The molecule has 3 heterocycles. The van der Waals surface area contributed by atoms with E-state index in [2.05, 4.69) is 36.2 Å². The lowest BCUT2D eigenvalue weighted by atomic mass is 9.96. The Balaban J connectivity index is 1.23. The van der Waals surface area contributed by atoms with Crippen molar-refractivity contribution in [2.45, 2.75) is 36.2 Å². The van der Waals surface area contributed by atoms with Gasteiger partial charge in [-0.25, -0.2) is 4.39 Å². The van der Waals surface area contributed by atoms with Gasteiger partial charge in [-0.1, -0.05) is 23.7 Å². The number of halogens is 2. The van der Waals surface area contributed by atoms with E-state index in [1.165, 1.54) is 10.9 Å². The Bertz CT molecular complexity index is 1600. The maximum absolute atomic E-state index is 15.0. The third-order valence-corrected chi connectivity index (χ3v) is 7.84. The average Bonchev–Trinajstić information content (AvgIpc) is 3.17. The second-order valence-electron chi connectivity index (χ2n) is 9.16. The fourth-order valence-electron chi connectivity index (χ4n) is 4.40. The smallest absolute Gasteiger partial charge is 0.309 e. The third kappa shape index (κ3) is 4.41. The zero-order valence-electron chi connectivity index (χ0n) is 20.2. The number of tetrazole rings is 1. The normalized spacial score (nSPS) is 17.2. The Kier molecular flexibility index (Phi) is 5.91. The number of rotatable bonds is 6. The van der Waals surface area contributed by atoms with Crippen molar-refractivity contribution >= 4 is 35.2 Å². The minimum Gasteiger partial charge on any atom is -0.417 e. The molecule has 194 valence electrons. The molecule has 1 unspecified atom stereocenters. The van der Waals surface area contributed by atoms with Gasteiger partial charge in [0.25, 0.3) is 0 Å². The van der Waals surface area contributed by atoms with Gasteiger partial charge in [-0.15, -0.1) is 32.2 Å².